The summed E-state index contributed by atoms with van der Waals surface area (Å²) in [6.45, 7) is 6.95. The van der Waals surface area contributed by atoms with Crippen LogP contribution < -0.4 is 0 Å². The van der Waals surface area contributed by atoms with E-state index in [0.29, 0.717) is 12.3 Å². The zero-order chi connectivity index (χ0) is 10.6. The van der Waals surface area contributed by atoms with Crippen molar-refractivity contribution < 1.29 is 4.79 Å². The number of hydrogen-bond acceptors (Lipinski definition) is 2. The maximum atomic E-state index is 11.5. The van der Waals surface area contributed by atoms with Gasteiger partial charge in [-0.25, -0.2) is 0 Å². The zero-order valence-corrected chi connectivity index (χ0v) is 9.33. The third kappa shape index (κ3) is 3.29. The van der Waals surface area contributed by atoms with Crippen molar-refractivity contribution in [3.05, 3.63) is 6.92 Å². The summed E-state index contributed by atoms with van der Waals surface area (Å²) in [4.78, 5) is 15.5. The van der Waals surface area contributed by atoms with Crippen molar-refractivity contribution in [2.75, 3.05) is 33.7 Å². The van der Waals surface area contributed by atoms with E-state index >= 15 is 0 Å². The minimum absolute atomic E-state index is 0.251. The van der Waals surface area contributed by atoms with Gasteiger partial charge in [0.2, 0.25) is 5.91 Å². The molecule has 0 saturated carbocycles. The molecular formula is C11H21N2O. The van der Waals surface area contributed by atoms with Crippen molar-refractivity contribution in [3.8, 4) is 0 Å². The Labute approximate surface area is 87.1 Å². The molecule has 1 fully saturated rings. The third-order valence-corrected chi connectivity index (χ3v) is 2.88. The Hall–Kier alpha value is -0.570. The van der Waals surface area contributed by atoms with Crippen LogP contribution in [0.1, 0.15) is 19.3 Å². The van der Waals surface area contributed by atoms with Crippen molar-refractivity contribution in [2.45, 2.75) is 19.3 Å². The molecule has 1 amide bonds. The summed E-state index contributed by atoms with van der Waals surface area (Å²) in [5.41, 5.74) is 0. The topological polar surface area (TPSA) is 23.6 Å². The standard InChI is InChI=1S/C11H21N2O/c1-4-13-7-5-6-10(9-13)8-11(14)12(2)3/h10H,1,4-9H2,2-3H3/t10-/m0/s1. The van der Waals surface area contributed by atoms with Crippen LogP contribution in [-0.4, -0.2) is 49.4 Å². The Morgan fingerprint density at radius 2 is 2.29 bits per heavy atom. The van der Waals surface area contributed by atoms with E-state index in [2.05, 4.69) is 11.8 Å². The number of likely N-dealkylation sites (tertiary alicyclic amines) is 1. The fourth-order valence-corrected chi connectivity index (χ4v) is 1.95. The molecule has 81 valence electrons. The van der Waals surface area contributed by atoms with Gasteiger partial charge in [-0.05, 0) is 38.8 Å². The molecule has 3 nitrogen and oxygen atoms in total. The monoisotopic (exact) mass is 197 g/mol. The van der Waals surface area contributed by atoms with E-state index in [4.69, 9.17) is 0 Å². The number of piperidine rings is 1. The van der Waals surface area contributed by atoms with Crippen molar-refractivity contribution in [3.63, 3.8) is 0 Å². The van der Waals surface area contributed by atoms with Crippen molar-refractivity contribution >= 4 is 5.91 Å². The highest BCUT2D eigenvalue weighted by Gasteiger charge is 2.21. The summed E-state index contributed by atoms with van der Waals surface area (Å²) < 4.78 is 0. The predicted molar refractivity (Wildman–Crippen MR) is 57.8 cm³/mol. The SMILES string of the molecule is [CH2]CN1CCC[C@@H](CC(=O)N(C)C)C1. The van der Waals surface area contributed by atoms with Gasteiger partial charge in [-0.2, -0.15) is 0 Å². The van der Waals surface area contributed by atoms with Crippen molar-refractivity contribution in [1.29, 1.82) is 0 Å². The number of hydrogen-bond donors (Lipinski definition) is 0. The first kappa shape index (κ1) is 11.5. The minimum Gasteiger partial charge on any atom is -0.349 e. The summed E-state index contributed by atoms with van der Waals surface area (Å²) in [6, 6.07) is 0. The molecule has 1 aliphatic rings. The van der Waals surface area contributed by atoms with E-state index in [1.807, 2.05) is 14.1 Å². The van der Waals surface area contributed by atoms with Gasteiger partial charge in [0.05, 0.1) is 0 Å². The van der Waals surface area contributed by atoms with Gasteiger partial charge < -0.3 is 9.80 Å². The maximum Gasteiger partial charge on any atom is 0.222 e. The highest BCUT2D eigenvalue weighted by atomic mass is 16.2. The average Bonchev–Trinajstić information content (AvgIpc) is 2.18. The predicted octanol–water partition coefficient (Wildman–Crippen LogP) is 1.01. The number of carbonyl (C=O) groups excluding carboxylic acids is 1. The molecular weight excluding hydrogens is 176 g/mol. The molecule has 1 radical (unpaired) electrons. The molecule has 1 atom stereocenters. The Morgan fingerprint density at radius 1 is 1.57 bits per heavy atom. The molecule has 0 aromatic heterocycles. The number of nitrogens with zero attached hydrogens (tertiary/aromatic N) is 2. The van der Waals surface area contributed by atoms with E-state index < -0.39 is 0 Å². The quantitative estimate of drug-likeness (QED) is 0.674. The number of amides is 1. The van der Waals surface area contributed by atoms with Crippen LogP contribution in [0, 0.1) is 12.8 Å². The van der Waals surface area contributed by atoms with Crippen LogP contribution in [0.25, 0.3) is 0 Å². The second-order valence-electron chi connectivity index (χ2n) is 4.30. The third-order valence-electron chi connectivity index (χ3n) is 2.88. The summed E-state index contributed by atoms with van der Waals surface area (Å²) >= 11 is 0. The van der Waals surface area contributed by atoms with Gasteiger partial charge in [-0.1, -0.05) is 0 Å². The van der Waals surface area contributed by atoms with Gasteiger partial charge in [0.1, 0.15) is 0 Å². The van der Waals surface area contributed by atoms with E-state index in [0.717, 1.165) is 19.6 Å². The smallest absolute Gasteiger partial charge is 0.222 e. The van der Waals surface area contributed by atoms with Gasteiger partial charge in [-0.3, -0.25) is 4.79 Å². The largest absolute Gasteiger partial charge is 0.349 e. The summed E-state index contributed by atoms with van der Waals surface area (Å²) in [5, 5.41) is 0. The van der Waals surface area contributed by atoms with Crippen LogP contribution in [0.15, 0.2) is 0 Å². The maximum absolute atomic E-state index is 11.5. The Bertz CT molecular complexity index is 192. The van der Waals surface area contributed by atoms with Gasteiger partial charge >= 0.3 is 0 Å². The lowest BCUT2D eigenvalue weighted by Crippen LogP contribution is -2.37. The van der Waals surface area contributed by atoms with E-state index in [1.54, 1.807) is 4.90 Å². The molecule has 0 aromatic rings. The molecule has 3 heteroatoms. The van der Waals surface area contributed by atoms with Crippen LogP contribution >= 0.6 is 0 Å². The van der Waals surface area contributed by atoms with Crippen molar-refractivity contribution in [1.82, 2.24) is 9.80 Å². The average molecular weight is 197 g/mol. The fourth-order valence-electron chi connectivity index (χ4n) is 1.95. The molecule has 1 rings (SSSR count). The molecule has 0 aromatic carbocycles. The molecule has 1 aliphatic heterocycles. The molecule has 0 spiro atoms. The van der Waals surface area contributed by atoms with Crippen LogP contribution in [0.5, 0.6) is 0 Å². The number of rotatable bonds is 3. The molecule has 1 heterocycles. The van der Waals surface area contributed by atoms with Gasteiger partial charge in [0.25, 0.3) is 0 Å². The molecule has 0 N–H and O–H groups in total. The highest BCUT2D eigenvalue weighted by Crippen LogP contribution is 2.19. The molecule has 0 aliphatic carbocycles. The molecule has 14 heavy (non-hydrogen) atoms. The lowest BCUT2D eigenvalue weighted by Gasteiger charge is -2.31. The fraction of sp³-hybridized carbons (Fsp3) is 0.818. The Balaban J connectivity index is 2.34. The molecule has 0 bridgehead atoms. The second kappa shape index (κ2) is 5.35. The first-order valence-corrected chi connectivity index (χ1v) is 5.35. The first-order chi connectivity index (χ1) is 6.63. The van der Waals surface area contributed by atoms with Gasteiger partial charge in [-0.15, -0.1) is 0 Å². The lowest BCUT2D eigenvalue weighted by atomic mass is 9.94. The minimum atomic E-state index is 0.251. The van der Waals surface area contributed by atoms with Crippen LogP contribution in [0.3, 0.4) is 0 Å². The van der Waals surface area contributed by atoms with Crippen molar-refractivity contribution in [2.24, 2.45) is 5.92 Å². The van der Waals surface area contributed by atoms with Gasteiger partial charge in [0.15, 0.2) is 0 Å². The van der Waals surface area contributed by atoms with Gasteiger partial charge in [0, 0.05) is 27.1 Å². The van der Waals surface area contributed by atoms with E-state index in [1.165, 1.54) is 12.8 Å². The van der Waals surface area contributed by atoms with Crippen LogP contribution in [-0.2, 0) is 4.79 Å². The summed E-state index contributed by atoms with van der Waals surface area (Å²) in [7, 11) is 3.65. The zero-order valence-electron chi connectivity index (χ0n) is 9.33. The summed E-state index contributed by atoms with van der Waals surface area (Å²) in [5.74, 6) is 0.793. The summed E-state index contributed by atoms with van der Waals surface area (Å²) in [6.07, 6.45) is 3.10. The second-order valence-corrected chi connectivity index (χ2v) is 4.30. The first-order valence-electron chi connectivity index (χ1n) is 5.35. The van der Waals surface area contributed by atoms with E-state index in [9.17, 15) is 4.79 Å². The normalized spacial score (nSPS) is 23.5. The lowest BCUT2D eigenvalue weighted by molar-refractivity contribution is -0.130. The molecule has 0 unspecified atom stereocenters. The molecule has 1 saturated heterocycles. The Morgan fingerprint density at radius 3 is 2.86 bits per heavy atom. The van der Waals surface area contributed by atoms with Crippen LogP contribution in [0.4, 0.5) is 0 Å². The number of carbonyl (C=O) groups is 1. The highest BCUT2D eigenvalue weighted by molar-refractivity contribution is 5.75. The van der Waals surface area contributed by atoms with Crippen LogP contribution in [0.2, 0.25) is 0 Å². The van der Waals surface area contributed by atoms with E-state index in [-0.39, 0.29) is 5.91 Å². The Kier molecular flexibility index (Phi) is 4.39.